The Balaban J connectivity index is 1.55. The number of ether oxygens (including phenoxy) is 2. The van der Waals surface area contributed by atoms with Gasteiger partial charge in [0.2, 0.25) is 12.7 Å². The van der Waals surface area contributed by atoms with Gasteiger partial charge >= 0.3 is 0 Å². The van der Waals surface area contributed by atoms with Crippen molar-refractivity contribution in [2.75, 3.05) is 13.3 Å². The lowest BCUT2D eigenvalue weighted by Crippen LogP contribution is -2.45. The van der Waals surface area contributed by atoms with Gasteiger partial charge in [-0.2, -0.15) is 0 Å². The van der Waals surface area contributed by atoms with Crippen LogP contribution in [0.1, 0.15) is 49.3 Å². The average molecular weight is 302 g/mol. The third-order valence-corrected chi connectivity index (χ3v) is 4.90. The molecule has 1 aliphatic carbocycles. The second-order valence-electron chi connectivity index (χ2n) is 6.38. The molecule has 0 spiro atoms. The molecule has 1 saturated carbocycles. The topological polar surface area (TPSA) is 59.6 Å². The van der Waals surface area contributed by atoms with Crippen molar-refractivity contribution < 1.29 is 14.3 Å². The Kier molecular flexibility index (Phi) is 3.66. The van der Waals surface area contributed by atoms with Crippen LogP contribution in [0.3, 0.4) is 0 Å². The molecule has 0 aromatic heterocycles. The summed E-state index contributed by atoms with van der Waals surface area (Å²) >= 11 is 0. The van der Waals surface area contributed by atoms with Gasteiger partial charge in [0, 0.05) is 12.6 Å². The Bertz CT molecular complexity index is 582. The Hall–Kier alpha value is -1.75. The van der Waals surface area contributed by atoms with Gasteiger partial charge in [0.25, 0.3) is 0 Å². The van der Waals surface area contributed by atoms with Gasteiger partial charge in [-0.15, -0.1) is 0 Å². The summed E-state index contributed by atoms with van der Waals surface area (Å²) in [7, 11) is 0. The molecule has 0 radical (unpaired) electrons. The Morgan fingerprint density at radius 3 is 2.73 bits per heavy atom. The summed E-state index contributed by atoms with van der Waals surface area (Å²) in [6.45, 7) is 1.08. The summed E-state index contributed by atoms with van der Waals surface area (Å²) in [4.78, 5) is 12.7. The molecule has 0 saturated heterocycles. The van der Waals surface area contributed by atoms with E-state index in [9.17, 15) is 4.79 Å². The van der Waals surface area contributed by atoms with Crippen LogP contribution in [0.4, 0.5) is 0 Å². The van der Waals surface area contributed by atoms with Crippen LogP contribution in [0, 0.1) is 0 Å². The first kappa shape index (κ1) is 13.9. The minimum atomic E-state index is -0.278. The predicted molar refractivity (Wildman–Crippen MR) is 82.0 cm³/mol. The first-order valence-electron chi connectivity index (χ1n) is 8.27. The highest BCUT2D eigenvalue weighted by Crippen LogP contribution is 2.38. The van der Waals surface area contributed by atoms with Crippen molar-refractivity contribution in [3.05, 3.63) is 23.3 Å². The molecule has 2 aliphatic heterocycles. The van der Waals surface area contributed by atoms with E-state index in [-0.39, 0.29) is 18.7 Å². The highest BCUT2D eigenvalue weighted by molar-refractivity contribution is 5.84. The number of amides is 1. The molecule has 1 unspecified atom stereocenters. The number of nitrogens with one attached hydrogen (secondary N) is 2. The van der Waals surface area contributed by atoms with Crippen LogP contribution in [0.25, 0.3) is 0 Å². The molecule has 1 aromatic carbocycles. The second kappa shape index (κ2) is 5.80. The van der Waals surface area contributed by atoms with E-state index in [0.29, 0.717) is 6.04 Å². The molecule has 2 N–H and O–H groups in total. The number of hydrogen-bond acceptors (Lipinski definition) is 4. The molecule has 2 heterocycles. The molecule has 0 bridgehead atoms. The van der Waals surface area contributed by atoms with Gasteiger partial charge < -0.3 is 20.1 Å². The summed E-state index contributed by atoms with van der Waals surface area (Å²) in [5.41, 5.74) is 2.22. The van der Waals surface area contributed by atoms with Gasteiger partial charge in [0.05, 0.1) is 0 Å². The molecule has 5 heteroatoms. The van der Waals surface area contributed by atoms with E-state index in [4.69, 9.17) is 9.47 Å². The van der Waals surface area contributed by atoms with Crippen LogP contribution in [0.2, 0.25) is 0 Å². The molecule has 1 amide bonds. The van der Waals surface area contributed by atoms with Gasteiger partial charge in [0.15, 0.2) is 11.5 Å². The molecule has 1 aromatic rings. The molecule has 22 heavy (non-hydrogen) atoms. The lowest BCUT2D eigenvalue weighted by Gasteiger charge is -2.29. The molecule has 118 valence electrons. The molecule has 1 fully saturated rings. The number of carbonyl (C=O) groups is 1. The van der Waals surface area contributed by atoms with Gasteiger partial charge in [-0.1, -0.05) is 19.3 Å². The summed E-state index contributed by atoms with van der Waals surface area (Å²) < 4.78 is 10.9. The highest BCUT2D eigenvalue weighted by Gasteiger charge is 2.30. The average Bonchev–Trinajstić information content (AvgIpc) is 3.00. The van der Waals surface area contributed by atoms with Gasteiger partial charge in [-0.25, -0.2) is 0 Å². The van der Waals surface area contributed by atoms with Crippen LogP contribution in [-0.2, 0) is 11.2 Å². The quantitative estimate of drug-likeness (QED) is 0.878. The minimum absolute atomic E-state index is 0.0896. The number of rotatable bonds is 2. The van der Waals surface area contributed by atoms with Crippen LogP contribution in [0.15, 0.2) is 12.1 Å². The normalized spacial score (nSPS) is 23.9. The fraction of sp³-hybridized carbons (Fsp3) is 0.588. The van der Waals surface area contributed by atoms with Crippen molar-refractivity contribution in [3.63, 3.8) is 0 Å². The van der Waals surface area contributed by atoms with Crippen molar-refractivity contribution >= 4 is 5.91 Å². The zero-order valence-electron chi connectivity index (χ0n) is 12.7. The van der Waals surface area contributed by atoms with E-state index in [2.05, 4.69) is 10.6 Å². The van der Waals surface area contributed by atoms with Gasteiger partial charge in [-0.3, -0.25) is 4.79 Å². The first-order valence-corrected chi connectivity index (χ1v) is 8.27. The number of carbonyl (C=O) groups excluding carboxylic acids is 1. The molecular weight excluding hydrogens is 280 g/mol. The fourth-order valence-electron chi connectivity index (χ4n) is 3.71. The molecule has 5 nitrogen and oxygen atoms in total. The van der Waals surface area contributed by atoms with Crippen LogP contribution < -0.4 is 20.1 Å². The van der Waals surface area contributed by atoms with E-state index in [1.54, 1.807) is 0 Å². The van der Waals surface area contributed by atoms with Crippen LogP contribution >= 0.6 is 0 Å². The zero-order valence-corrected chi connectivity index (χ0v) is 12.7. The monoisotopic (exact) mass is 302 g/mol. The van der Waals surface area contributed by atoms with E-state index >= 15 is 0 Å². The van der Waals surface area contributed by atoms with E-state index in [0.717, 1.165) is 42.9 Å². The molecule has 3 aliphatic rings. The lowest BCUT2D eigenvalue weighted by atomic mass is 9.91. The maximum Gasteiger partial charge on any atom is 0.241 e. The Labute approximate surface area is 130 Å². The first-order chi connectivity index (χ1) is 10.8. The van der Waals surface area contributed by atoms with E-state index < -0.39 is 0 Å². The summed E-state index contributed by atoms with van der Waals surface area (Å²) in [5, 5.41) is 6.57. The second-order valence-corrected chi connectivity index (χ2v) is 6.38. The zero-order chi connectivity index (χ0) is 14.9. The Morgan fingerprint density at radius 2 is 1.91 bits per heavy atom. The van der Waals surface area contributed by atoms with Crippen LogP contribution in [0.5, 0.6) is 11.5 Å². The minimum Gasteiger partial charge on any atom is -0.454 e. The number of fused-ring (bicyclic) bond motifs is 2. The summed E-state index contributed by atoms with van der Waals surface area (Å²) in [5.74, 6) is 1.64. The number of hydrogen-bond donors (Lipinski definition) is 2. The fourth-order valence-corrected chi connectivity index (χ4v) is 3.71. The maximum absolute atomic E-state index is 12.7. The SMILES string of the molecule is O=C(NC1CCCCC1)C1NCCc2cc3c(cc21)OCO3. The van der Waals surface area contributed by atoms with Gasteiger partial charge in [-0.05, 0) is 42.5 Å². The summed E-state index contributed by atoms with van der Waals surface area (Å²) in [6.07, 6.45) is 6.86. The smallest absolute Gasteiger partial charge is 0.241 e. The summed E-state index contributed by atoms with van der Waals surface area (Å²) in [6, 6.07) is 4.05. The standard InChI is InChI=1S/C17H22N2O3/c20-17(19-12-4-2-1-3-5-12)16-13-9-15-14(21-10-22-15)8-11(13)6-7-18-16/h8-9,12,16,18H,1-7,10H2,(H,19,20). The van der Waals surface area contributed by atoms with Crippen molar-refractivity contribution in [2.45, 2.75) is 50.6 Å². The van der Waals surface area contributed by atoms with Crippen molar-refractivity contribution in [2.24, 2.45) is 0 Å². The van der Waals surface area contributed by atoms with Crippen LogP contribution in [-0.4, -0.2) is 25.3 Å². The lowest BCUT2D eigenvalue weighted by molar-refractivity contribution is -0.124. The molecule has 4 rings (SSSR count). The van der Waals surface area contributed by atoms with Crippen molar-refractivity contribution in [1.29, 1.82) is 0 Å². The highest BCUT2D eigenvalue weighted by atomic mass is 16.7. The predicted octanol–water partition coefficient (Wildman–Crippen LogP) is 2.05. The van der Waals surface area contributed by atoms with Crippen molar-refractivity contribution in [1.82, 2.24) is 10.6 Å². The molecular formula is C17H22N2O3. The van der Waals surface area contributed by atoms with E-state index in [1.807, 2.05) is 12.1 Å². The largest absolute Gasteiger partial charge is 0.454 e. The van der Waals surface area contributed by atoms with E-state index in [1.165, 1.54) is 24.8 Å². The maximum atomic E-state index is 12.7. The van der Waals surface area contributed by atoms with Crippen molar-refractivity contribution in [3.8, 4) is 11.5 Å². The molecule has 1 atom stereocenters. The number of benzene rings is 1. The third-order valence-electron chi connectivity index (χ3n) is 4.90. The third kappa shape index (κ3) is 2.54. The Morgan fingerprint density at radius 1 is 1.14 bits per heavy atom. The van der Waals surface area contributed by atoms with Gasteiger partial charge in [0.1, 0.15) is 6.04 Å².